The zero-order valence-electron chi connectivity index (χ0n) is 18.7. The van der Waals surface area contributed by atoms with Gasteiger partial charge in [0.15, 0.2) is 0 Å². The Morgan fingerprint density at radius 2 is 1.69 bits per heavy atom. The fraction of sp³-hybridized carbons (Fsp3) is 0.154. The zero-order valence-corrected chi connectivity index (χ0v) is 18.7. The average Bonchev–Trinajstić information content (AvgIpc) is 3.41. The molecule has 1 N–H and O–H groups in total. The summed E-state index contributed by atoms with van der Waals surface area (Å²) in [5.41, 5.74) is 4.13. The van der Waals surface area contributed by atoms with Crippen LogP contribution in [0, 0.1) is 0 Å². The monoisotopic (exact) mass is 475 g/mol. The second-order valence-electron chi connectivity index (χ2n) is 7.96. The van der Waals surface area contributed by atoms with Gasteiger partial charge in [0.05, 0.1) is 11.1 Å². The lowest BCUT2D eigenvalue weighted by atomic mass is 9.98. The number of fused-ring (bicyclic) bond motifs is 1. The molecule has 5 aromatic rings. The number of nitrogens with one attached hydrogen (secondary N) is 1. The number of tetrazole rings is 1. The molecule has 0 spiro atoms. The third kappa shape index (κ3) is 4.70. The van der Waals surface area contributed by atoms with Gasteiger partial charge in [0.25, 0.3) is 0 Å². The summed E-state index contributed by atoms with van der Waals surface area (Å²) in [5, 5.41) is 14.6. The molecule has 2 heterocycles. The molecule has 0 atom stereocenters. The van der Waals surface area contributed by atoms with E-state index in [1.165, 1.54) is 6.07 Å². The lowest BCUT2D eigenvalue weighted by molar-refractivity contribution is -0.137. The molecule has 0 amide bonds. The quantitative estimate of drug-likeness (QED) is 0.315. The number of nitrogens with zero attached hydrogens (tertiary/aromatic N) is 4. The van der Waals surface area contributed by atoms with Crippen LogP contribution < -0.4 is 4.74 Å². The molecule has 3 aromatic carbocycles. The van der Waals surface area contributed by atoms with Gasteiger partial charge in [0.2, 0.25) is 5.82 Å². The minimum absolute atomic E-state index is 0.200. The van der Waals surface area contributed by atoms with Crippen molar-refractivity contribution < 1.29 is 17.9 Å². The molecule has 2 aromatic heterocycles. The first-order chi connectivity index (χ1) is 16.9. The molecule has 0 bridgehead atoms. The van der Waals surface area contributed by atoms with Crippen molar-refractivity contribution in [1.29, 1.82) is 0 Å². The highest BCUT2D eigenvalue weighted by atomic mass is 19.4. The molecule has 0 aliphatic rings. The summed E-state index contributed by atoms with van der Waals surface area (Å²) >= 11 is 0. The summed E-state index contributed by atoms with van der Waals surface area (Å²) in [6.45, 7) is 2.14. The number of H-pyrrole nitrogens is 1. The Kier molecular flexibility index (Phi) is 5.90. The van der Waals surface area contributed by atoms with Crippen LogP contribution in [-0.4, -0.2) is 25.6 Å². The third-order valence-corrected chi connectivity index (χ3v) is 5.69. The molecule has 0 aliphatic heterocycles. The highest BCUT2D eigenvalue weighted by molar-refractivity contribution is 5.86. The van der Waals surface area contributed by atoms with Gasteiger partial charge in [-0.2, -0.15) is 18.4 Å². The van der Waals surface area contributed by atoms with Crippen LogP contribution in [-0.2, 0) is 19.2 Å². The maximum absolute atomic E-state index is 13.3. The van der Waals surface area contributed by atoms with Crippen LogP contribution in [0.1, 0.15) is 23.7 Å². The zero-order chi connectivity index (χ0) is 24.4. The number of pyridine rings is 1. The van der Waals surface area contributed by atoms with Crippen LogP contribution in [0.4, 0.5) is 13.2 Å². The van der Waals surface area contributed by atoms with E-state index in [4.69, 9.17) is 4.74 Å². The summed E-state index contributed by atoms with van der Waals surface area (Å²) in [5.74, 6) is 0.881. The van der Waals surface area contributed by atoms with Gasteiger partial charge in [-0.3, -0.25) is 4.98 Å². The minimum atomic E-state index is -4.44. The Balaban J connectivity index is 1.41. The number of benzene rings is 3. The summed E-state index contributed by atoms with van der Waals surface area (Å²) in [4.78, 5) is 4.44. The van der Waals surface area contributed by atoms with Crippen LogP contribution in [0.25, 0.3) is 33.4 Å². The molecule has 0 saturated heterocycles. The Morgan fingerprint density at radius 3 is 2.37 bits per heavy atom. The molecule has 0 saturated carbocycles. The third-order valence-electron chi connectivity index (χ3n) is 5.69. The van der Waals surface area contributed by atoms with Crippen molar-refractivity contribution in [3.8, 4) is 28.3 Å². The van der Waals surface area contributed by atoms with Gasteiger partial charge < -0.3 is 4.74 Å². The lowest BCUT2D eigenvalue weighted by Gasteiger charge is -2.14. The van der Waals surface area contributed by atoms with Crippen molar-refractivity contribution in [3.05, 3.63) is 89.6 Å². The van der Waals surface area contributed by atoms with Gasteiger partial charge in [-0.05, 0) is 46.5 Å². The molecule has 35 heavy (non-hydrogen) atoms. The number of hydrogen-bond donors (Lipinski definition) is 1. The Hall–Kier alpha value is -4.27. The number of rotatable bonds is 6. The number of halogens is 3. The molecule has 0 aliphatic carbocycles. The van der Waals surface area contributed by atoms with E-state index in [9.17, 15) is 13.2 Å². The van der Waals surface area contributed by atoms with Crippen molar-refractivity contribution in [1.82, 2.24) is 25.6 Å². The van der Waals surface area contributed by atoms with Crippen molar-refractivity contribution in [2.45, 2.75) is 26.1 Å². The van der Waals surface area contributed by atoms with Crippen LogP contribution in [0.5, 0.6) is 5.75 Å². The molecule has 5 rings (SSSR count). The standard InChI is InChI=1S/C26H20F3N5O/c1-2-19-14-24(22-13-18(26(27,28)29)11-12-23(22)30-19)35-15-16-7-9-17(10-8-16)20-5-3-4-6-21(20)25-31-33-34-32-25/h3-14H,2,15H2,1H3,(H,31,32,33,34). The van der Waals surface area contributed by atoms with E-state index < -0.39 is 11.7 Å². The maximum Gasteiger partial charge on any atom is 0.416 e. The van der Waals surface area contributed by atoms with Gasteiger partial charge in [-0.15, -0.1) is 10.2 Å². The maximum atomic E-state index is 13.3. The van der Waals surface area contributed by atoms with Gasteiger partial charge in [-0.25, -0.2) is 0 Å². The topological polar surface area (TPSA) is 76.6 Å². The number of aryl methyl sites for hydroxylation is 1. The molecule has 9 heteroatoms. The predicted octanol–water partition coefficient (Wildman–Crippen LogP) is 6.24. The van der Waals surface area contributed by atoms with Gasteiger partial charge in [0, 0.05) is 22.7 Å². The van der Waals surface area contributed by atoms with Crippen molar-refractivity contribution in [2.24, 2.45) is 0 Å². The average molecular weight is 475 g/mol. The van der Waals surface area contributed by atoms with E-state index in [2.05, 4.69) is 25.6 Å². The van der Waals surface area contributed by atoms with E-state index in [1.54, 1.807) is 6.07 Å². The first-order valence-corrected chi connectivity index (χ1v) is 11.0. The lowest BCUT2D eigenvalue weighted by Crippen LogP contribution is -2.05. The van der Waals surface area contributed by atoms with Crippen LogP contribution >= 0.6 is 0 Å². The first-order valence-electron chi connectivity index (χ1n) is 11.0. The smallest absolute Gasteiger partial charge is 0.416 e. The van der Waals surface area contributed by atoms with E-state index >= 15 is 0 Å². The second-order valence-corrected chi connectivity index (χ2v) is 7.96. The van der Waals surface area contributed by atoms with Crippen LogP contribution in [0.3, 0.4) is 0 Å². The Bertz CT molecular complexity index is 1470. The molecule has 6 nitrogen and oxygen atoms in total. The normalized spacial score (nSPS) is 11.7. The molecular formula is C26H20F3N5O. The second kappa shape index (κ2) is 9.17. The number of aromatic nitrogens is 5. The number of aromatic amines is 1. The number of alkyl halides is 3. The number of ether oxygens (including phenoxy) is 1. The fourth-order valence-electron chi connectivity index (χ4n) is 3.87. The van der Waals surface area contributed by atoms with E-state index in [1.807, 2.05) is 55.5 Å². The molecule has 0 unspecified atom stereocenters. The minimum Gasteiger partial charge on any atom is -0.488 e. The summed E-state index contributed by atoms with van der Waals surface area (Å²) < 4.78 is 45.8. The van der Waals surface area contributed by atoms with Crippen molar-refractivity contribution in [2.75, 3.05) is 0 Å². The molecule has 0 radical (unpaired) electrons. The van der Waals surface area contributed by atoms with Gasteiger partial charge >= 0.3 is 6.18 Å². The molecule has 176 valence electrons. The van der Waals surface area contributed by atoms with Gasteiger partial charge in [0.1, 0.15) is 12.4 Å². The molecular weight excluding hydrogens is 455 g/mol. The van der Waals surface area contributed by atoms with E-state index in [0.29, 0.717) is 28.9 Å². The summed E-state index contributed by atoms with van der Waals surface area (Å²) in [7, 11) is 0. The van der Waals surface area contributed by atoms with Crippen molar-refractivity contribution in [3.63, 3.8) is 0 Å². The number of hydrogen-bond acceptors (Lipinski definition) is 5. The summed E-state index contributed by atoms with van der Waals surface area (Å²) in [6, 6.07) is 20.7. The molecule has 0 fully saturated rings. The van der Waals surface area contributed by atoms with Crippen molar-refractivity contribution >= 4 is 10.9 Å². The highest BCUT2D eigenvalue weighted by Crippen LogP contribution is 2.35. The fourth-order valence-corrected chi connectivity index (χ4v) is 3.87. The highest BCUT2D eigenvalue weighted by Gasteiger charge is 2.31. The Morgan fingerprint density at radius 1 is 0.914 bits per heavy atom. The first kappa shape index (κ1) is 22.5. The van der Waals surface area contributed by atoms with E-state index in [0.717, 1.165) is 40.1 Å². The Labute approximate surface area is 198 Å². The largest absolute Gasteiger partial charge is 0.488 e. The predicted molar refractivity (Wildman–Crippen MR) is 126 cm³/mol. The van der Waals surface area contributed by atoms with E-state index in [-0.39, 0.29) is 6.61 Å². The van der Waals surface area contributed by atoms with Gasteiger partial charge in [-0.1, -0.05) is 55.5 Å². The van der Waals surface area contributed by atoms with Crippen LogP contribution in [0.15, 0.2) is 72.8 Å². The summed E-state index contributed by atoms with van der Waals surface area (Å²) in [6.07, 6.45) is -3.80. The van der Waals surface area contributed by atoms with Crippen LogP contribution in [0.2, 0.25) is 0 Å². The SMILES string of the molecule is CCc1cc(OCc2ccc(-c3ccccc3-c3nn[nH]n3)cc2)c2cc(C(F)(F)F)ccc2n1.